The number of nitrogens with zero attached hydrogens (tertiary/aromatic N) is 6. The van der Waals surface area contributed by atoms with Crippen LogP contribution in [0.5, 0.6) is 0 Å². The molecule has 0 unspecified atom stereocenters. The molecule has 1 amide bonds. The highest BCUT2D eigenvalue weighted by atomic mass is 16.2. The average Bonchev–Trinajstić information content (AvgIpc) is 3.14. The Balaban J connectivity index is 1.30. The van der Waals surface area contributed by atoms with E-state index in [9.17, 15) is 4.79 Å². The van der Waals surface area contributed by atoms with Crippen molar-refractivity contribution in [1.29, 1.82) is 0 Å². The van der Waals surface area contributed by atoms with Crippen LogP contribution in [-0.2, 0) is 24.8 Å². The second-order valence-corrected chi connectivity index (χ2v) is 7.41. The van der Waals surface area contributed by atoms with Gasteiger partial charge in [0.25, 0.3) is 0 Å². The Morgan fingerprint density at radius 2 is 2.04 bits per heavy atom. The fourth-order valence-electron chi connectivity index (χ4n) is 4.03. The quantitative estimate of drug-likeness (QED) is 0.898. The van der Waals surface area contributed by atoms with Crippen LogP contribution >= 0.6 is 0 Å². The van der Waals surface area contributed by atoms with Crippen LogP contribution in [0.4, 0.5) is 5.82 Å². The first-order chi connectivity index (χ1) is 12.7. The number of piperidine rings is 1. The van der Waals surface area contributed by atoms with E-state index in [-0.39, 0.29) is 5.91 Å². The SMILES string of the molecule is Cn1ccc(NC(=O)CN2CCC(c3nnc4n3CCCCC4)CC2)n1. The molecule has 8 heteroatoms. The molecule has 4 heterocycles. The molecule has 0 atom stereocenters. The van der Waals surface area contributed by atoms with Gasteiger partial charge in [-0.1, -0.05) is 6.42 Å². The normalized spacial score (nSPS) is 19.1. The molecule has 0 saturated carbocycles. The van der Waals surface area contributed by atoms with Crippen LogP contribution < -0.4 is 5.32 Å². The molecule has 2 aliphatic rings. The molecular formula is C18H27N7O. The van der Waals surface area contributed by atoms with Gasteiger partial charge in [-0.3, -0.25) is 14.4 Å². The van der Waals surface area contributed by atoms with Crippen molar-refractivity contribution in [3.05, 3.63) is 23.9 Å². The first kappa shape index (κ1) is 17.2. The zero-order valence-electron chi connectivity index (χ0n) is 15.4. The van der Waals surface area contributed by atoms with Crippen LogP contribution in [0, 0.1) is 0 Å². The molecule has 1 saturated heterocycles. The predicted octanol–water partition coefficient (Wildman–Crippen LogP) is 1.56. The molecule has 1 fully saturated rings. The lowest BCUT2D eigenvalue weighted by atomic mass is 9.96. The summed E-state index contributed by atoms with van der Waals surface area (Å²) in [7, 11) is 1.84. The lowest BCUT2D eigenvalue weighted by Gasteiger charge is -2.31. The summed E-state index contributed by atoms with van der Waals surface area (Å²) < 4.78 is 4.05. The van der Waals surface area contributed by atoms with Gasteiger partial charge in [0.1, 0.15) is 11.6 Å². The molecule has 2 aromatic heterocycles. The average molecular weight is 357 g/mol. The topological polar surface area (TPSA) is 80.9 Å². The van der Waals surface area contributed by atoms with E-state index >= 15 is 0 Å². The Kier molecular flexibility index (Phi) is 5.01. The minimum absolute atomic E-state index is 0.00139. The van der Waals surface area contributed by atoms with Crippen LogP contribution in [0.25, 0.3) is 0 Å². The number of carbonyl (C=O) groups is 1. The molecule has 4 rings (SSSR count). The Hall–Kier alpha value is -2.22. The van der Waals surface area contributed by atoms with E-state index in [4.69, 9.17) is 0 Å². The molecule has 8 nitrogen and oxygen atoms in total. The van der Waals surface area contributed by atoms with Crippen molar-refractivity contribution >= 4 is 11.7 Å². The van der Waals surface area contributed by atoms with Crippen LogP contribution in [0.1, 0.15) is 49.7 Å². The van der Waals surface area contributed by atoms with Crippen molar-refractivity contribution in [2.45, 2.75) is 51.0 Å². The van der Waals surface area contributed by atoms with Crippen molar-refractivity contribution in [1.82, 2.24) is 29.4 Å². The van der Waals surface area contributed by atoms with Crippen LogP contribution in [-0.4, -0.2) is 55.0 Å². The Labute approximate surface area is 153 Å². The van der Waals surface area contributed by atoms with Crippen LogP contribution in [0.15, 0.2) is 12.3 Å². The van der Waals surface area contributed by atoms with E-state index < -0.39 is 0 Å². The maximum Gasteiger partial charge on any atom is 0.239 e. The number of hydrogen-bond acceptors (Lipinski definition) is 5. The highest BCUT2D eigenvalue weighted by molar-refractivity contribution is 5.91. The zero-order chi connectivity index (χ0) is 17.9. The van der Waals surface area contributed by atoms with Crippen LogP contribution in [0.2, 0.25) is 0 Å². The Morgan fingerprint density at radius 3 is 2.81 bits per heavy atom. The molecule has 2 aliphatic heterocycles. The summed E-state index contributed by atoms with van der Waals surface area (Å²) in [6.45, 7) is 3.32. The van der Waals surface area contributed by atoms with Crippen molar-refractivity contribution in [2.24, 2.45) is 7.05 Å². The number of aryl methyl sites for hydroxylation is 2. The van der Waals surface area contributed by atoms with Gasteiger partial charge in [-0.25, -0.2) is 0 Å². The molecule has 2 aromatic rings. The van der Waals surface area contributed by atoms with E-state index in [2.05, 4.69) is 30.1 Å². The minimum Gasteiger partial charge on any atom is -0.315 e. The lowest BCUT2D eigenvalue weighted by Crippen LogP contribution is -2.39. The van der Waals surface area contributed by atoms with Crippen molar-refractivity contribution in [3.63, 3.8) is 0 Å². The molecule has 0 bridgehead atoms. The highest BCUT2D eigenvalue weighted by Gasteiger charge is 2.27. The molecular weight excluding hydrogens is 330 g/mol. The maximum absolute atomic E-state index is 12.2. The van der Waals surface area contributed by atoms with Crippen molar-refractivity contribution in [3.8, 4) is 0 Å². The third-order valence-corrected chi connectivity index (χ3v) is 5.44. The largest absolute Gasteiger partial charge is 0.315 e. The number of likely N-dealkylation sites (tertiary alicyclic amines) is 1. The van der Waals surface area contributed by atoms with Gasteiger partial charge >= 0.3 is 0 Å². The standard InChI is InChI=1S/C18H27N7O/c1-23-10-8-15(22-23)19-17(26)13-24-11-6-14(7-12-24)18-21-20-16-5-3-2-4-9-25(16)18/h8,10,14H,2-7,9,11-13H2,1H3,(H,19,22,26). The van der Waals surface area contributed by atoms with Gasteiger partial charge in [-0.15, -0.1) is 10.2 Å². The minimum atomic E-state index is -0.00139. The van der Waals surface area contributed by atoms with Gasteiger partial charge in [0.05, 0.1) is 6.54 Å². The second kappa shape index (κ2) is 7.57. The Bertz CT molecular complexity index is 757. The van der Waals surface area contributed by atoms with E-state index in [0.717, 1.165) is 44.7 Å². The van der Waals surface area contributed by atoms with E-state index in [1.807, 2.05) is 13.2 Å². The van der Waals surface area contributed by atoms with E-state index in [1.165, 1.54) is 25.1 Å². The number of carbonyl (C=O) groups excluding carboxylic acids is 1. The molecule has 26 heavy (non-hydrogen) atoms. The number of amides is 1. The zero-order valence-corrected chi connectivity index (χ0v) is 15.4. The number of aromatic nitrogens is 5. The number of hydrogen-bond donors (Lipinski definition) is 1. The number of rotatable bonds is 4. The maximum atomic E-state index is 12.2. The molecule has 1 N–H and O–H groups in total. The van der Waals surface area contributed by atoms with Crippen molar-refractivity contribution in [2.75, 3.05) is 25.0 Å². The van der Waals surface area contributed by atoms with Crippen molar-refractivity contribution < 1.29 is 4.79 Å². The first-order valence-corrected chi connectivity index (χ1v) is 9.63. The third kappa shape index (κ3) is 3.80. The summed E-state index contributed by atoms with van der Waals surface area (Å²) in [5.74, 6) is 3.40. The summed E-state index contributed by atoms with van der Waals surface area (Å²) in [5, 5.41) is 16.0. The smallest absolute Gasteiger partial charge is 0.239 e. The summed E-state index contributed by atoms with van der Waals surface area (Å²) in [6, 6.07) is 1.81. The van der Waals surface area contributed by atoms with Gasteiger partial charge in [0.15, 0.2) is 5.82 Å². The fourth-order valence-corrected chi connectivity index (χ4v) is 4.03. The summed E-state index contributed by atoms with van der Waals surface area (Å²) >= 11 is 0. The Morgan fingerprint density at radius 1 is 1.19 bits per heavy atom. The van der Waals surface area contributed by atoms with Gasteiger partial charge in [0, 0.05) is 38.2 Å². The second-order valence-electron chi connectivity index (χ2n) is 7.41. The molecule has 0 aromatic carbocycles. The van der Waals surface area contributed by atoms with Gasteiger partial charge in [-0.05, 0) is 38.8 Å². The van der Waals surface area contributed by atoms with E-state index in [1.54, 1.807) is 10.7 Å². The highest BCUT2D eigenvalue weighted by Crippen LogP contribution is 2.28. The number of fused-ring (bicyclic) bond motifs is 1. The summed E-state index contributed by atoms with van der Waals surface area (Å²) in [6.07, 6.45) is 8.69. The van der Waals surface area contributed by atoms with E-state index in [0.29, 0.717) is 18.3 Å². The number of anilines is 1. The van der Waals surface area contributed by atoms with Crippen LogP contribution in [0.3, 0.4) is 0 Å². The van der Waals surface area contributed by atoms with Gasteiger partial charge in [0.2, 0.25) is 5.91 Å². The summed E-state index contributed by atoms with van der Waals surface area (Å²) in [4.78, 5) is 14.4. The first-order valence-electron chi connectivity index (χ1n) is 9.63. The predicted molar refractivity (Wildman–Crippen MR) is 97.8 cm³/mol. The molecule has 0 radical (unpaired) electrons. The third-order valence-electron chi connectivity index (χ3n) is 5.44. The van der Waals surface area contributed by atoms with Gasteiger partial charge < -0.3 is 9.88 Å². The molecule has 0 spiro atoms. The lowest BCUT2D eigenvalue weighted by molar-refractivity contribution is -0.117. The fraction of sp³-hybridized carbons (Fsp3) is 0.667. The monoisotopic (exact) mass is 357 g/mol. The summed E-state index contributed by atoms with van der Waals surface area (Å²) in [5.41, 5.74) is 0. The van der Waals surface area contributed by atoms with Gasteiger partial charge in [-0.2, -0.15) is 5.10 Å². The molecule has 140 valence electrons. The molecule has 0 aliphatic carbocycles. The number of nitrogens with one attached hydrogen (secondary N) is 1.